The van der Waals surface area contributed by atoms with Crippen molar-refractivity contribution in [3.63, 3.8) is 0 Å². The number of nitrogens with one attached hydrogen (secondary N) is 1. The Bertz CT molecular complexity index is 984. The van der Waals surface area contributed by atoms with Crippen LogP contribution in [0.15, 0.2) is 65.6 Å². The number of benzene rings is 3. The number of nitrogens with two attached hydrogens (primary N) is 1. The Morgan fingerprint density at radius 3 is 2.50 bits per heavy atom. The van der Waals surface area contributed by atoms with Crippen LogP contribution in [-0.4, -0.2) is 15.5 Å². The predicted molar refractivity (Wildman–Crippen MR) is 95.4 cm³/mol. The molecule has 0 heterocycles. The Morgan fingerprint density at radius 2 is 1.71 bits per heavy atom. The van der Waals surface area contributed by atoms with Gasteiger partial charge in [-0.3, -0.25) is 0 Å². The SMILES string of the molecule is COc1cccc(CNS(=O)(=O)c2cccc3c(N)cccc23)c1. The molecule has 0 aliphatic carbocycles. The summed E-state index contributed by atoms with van der Waals surface area (Å²) in [4.78, 5) is 0.218. The molecule has 3 rings (SSSR count). The minimum Gasteiger partial charge on any atom is -0.497 e. The first-order valence-corrected chi connectivity index (χ1v) is 8.89. The zero-order chi connectivity index (χ0) is 17.2. The average molecular weight is 342 g/mol. The van der Waals surface area contributed by atoms with Crippen LogP contribution >= 0.6 is 0 Å². The van der Waals surface area contributed by atoms with Crippen molar-refractivity contribution >= 4 is 26.5 Å². The highest BCUT2D eigenvalue weighted by Gasteiger charge is 2.17. The van der Waals surface area contributed by atoms with Gasteiger partial charge >= 0.3 is 0 Å². The van der Waals surface area contributed by atoms with Crippen molar-refractivity contribution in [1.82, 2.24) is 4.72 Å². The Hall–Kier alpha value is -2.57. The molecule has 5 nitrogen and oxygen atoms in total. The normalized spacial score (nSPS) is 11.5. The molecule has 0 radical (unpaired) electrons. The molecule has 0 fully saturated rings. The molecular weight excluding hydrogens is 324 g/mol. The van der Waals surface area contributed by atoms with Crippen LogP contribution in [0, 0.1) is 0 Å². The van der Waals surface area contributed by atoms with Crippen LogP contribution in [0.5, 0.6) is 5.75 Å². The van der Waals surface area contributed by atoms with Gasteiger partial charge in [-0.05, 0) is 29.8 Å². The number of ether oxygens (including phenoxy) is 1. The van der Waals surface area contributed by atoms with Gasteiger partial charge in [-0.25, -0.2) is 13.1 Å². The molecule has 6 heteroatoms. The number of anilines is 1. The molecule has 0 amide bonds. The summed E-state index contributed by atoms with van der Waals surface area (Å²) in [6.45, 7) is 0.179. The first-order valence-electron chi connectivity index (χ1n) is 7.41. The second kappa shape index (κ2) is 6.51. The molecule has 0 spiro atoms. The summed E-state index contributed by atoms with van der Waals surface area (Å²) in [5, 5.41) is 1.33. The summed E-state index contributed by atoms with van der Waals surface area (Å²) < 4.78 is 33.2. The number of methoxy groups -OCH3 is 1. The highest BCUT2D eigenvalue weighted by molar-refractivity contribution is 7.89. The number of nitrogen functional groups attached to an aromatic ring is 1. The zero-order valence-electron chi connectivity index (χ0n) is 13.2. The van der Waals surface area contributed by atoms with Gasteiger partial charge in [0.2, 0.25) is 10.0 Å². The highest BCUT2D eigenvalue weighted by Crippen LogP contribution is 2.27. The number of fused-ring (bicyclic) bond motifs is 1. The Morgan fingerprint density at radius 1 is 1.00 bits per heavy atom. The molecule has 0 saturated heterocycles. The Kier molecular flexibility index (Phi) is 4.42. The van der Waals surface area contributed by atoms with Gasteiger partial charge in [0, 0.05) is 23.0 Å². The average Bonchev–Trinajstić information content (AvgIpc) is 2.60. The Balaban J connectivity index is 1.92. The van der Waals surface area contributed by atoms with Crippen LogP contribution in [0.25, 0.3) is 10.8 Å². The molecule has 0 aliphatic rings. The highest BCUT2D eigenvalue weighted by atomic mass is 32.2. The van der Waals surface area contributed by atoms with Crippen molar-refractivity contribution < 1.29 is 13.2 Å². The van der Waals surface area contributed by atoms with Crippen LogP contribution < -0.4 is 15.2 Å². The van der Waals surface area contributed by atoms with E-state index in [2.05, 4.69) is 4.72 Å². The van der Waals surface area contributed by atoms with Gasteiger partial charge in [0.15, 0.2) is 0 Å². The van der Waals surface area contributed by atoms with Crippen molar-refractivity contribution in [2.24, 2.45) is 0 Å². The minimum atomic E-state index is -3.67. The maximum absolute atomic E-state index is 12.7. The van der Waals surface area contributed by atoms with Gasteiger partial charge in [0.1, 0.15) is 5.75 Å². The minimum absolute atomic E-state index is 0.179. The van der Waals surface area contributed by atoms with E-state index in [4.69, 9.17) is 10.5 Å². The van der Waals surface area contributed by atoms with E-state index < -0.39 is 10.0 Å². The molecule has 3 aromatic rings. The smallest absolute Gasteiger partial charge is 0.241 e. The lowest BCUT2D eigenvalue weighted by Gasteiger charge is -2.11. The lowest BCUT2D eigenvalue weighted by atomic mass is 10.1. The van der Waals surface area contributed by atoms with E-state index in [9.17, 15) is 8.42 Å². The van der Waals surface area contributed by atoms with Crippen molar-refractivity contribution in [3.8, 4) is 5.75 Å². The fraction of sp³-hybridized carbons (Fsp3) is 0.111. The van der Waals surface area contributed by atoms with Gasteiger partial charge in [0.25, 0.3) is 0 Å². The van der Waals surface area contributed by atoms with Gasteiger partial charge in [-0.15, -0.1) is 0 Å². The van der Waals surface area contributed by atoms with Crippen LogP contribution in [0.1, 0.15) is 5.56 Å². The predicted octanol–water partition coefficient (Wildman–Crippen LogP) is 2.91. The first kappa shape index (κ1) is 16.3. The van der Waals surface area contributed by atoms with Gasteiger partial charge < -0.3 is 10.5 Å². The zero-order valence-corrected chi connectivity index (χ0v) is 14.0. The molecule has 0 unspecified atom stereocenters. The van der Waals surface area contributed by atoms with Crippen molar-refractivity contribution in [2.75, 3.05) is 12.8 Å². The summed E-state index contributed by atoms with van der Waals surface area (Å²) in [6.07, 6.45) is 0. The fourth-order valence-corrected chi connectivity index (χ4v) is 3.82. The second-order valence-electron chi connectivity index (χ2n) is 5.37. The van der Waals surface area contributed by atoms with E-state index in [0.29, 0.717) is 16.8 Å². The van der Waals surface area contributed by atoms with Crippen LogP contribution in [0.3, 0.4) is 0 Å². The molecule has 124 valence electrons. The third-order valence-corrected chi connectivity index (χ3v) is 5.27. The van der Waals surface area contributed by atoms with E-state index in [1.165, 1.54) is 0 Å². The molecule has 0 aliphatic heterocycles. The monoisotopic (exact) mass is 342 g/mol. The molecule has 3 N–H and O–H groups in total. The molecule has 24 heavy (non-hydrogen) atoms. The van der Waals surface area contributed by atoms with E-state index in [1.807, 2.05) is 24.3 Å². The van der Waals surface area contributed by atoms with Crippen molar-refractivity contribution in [3.05, 3.63) is 66.2 Å². The van der Waals surface area contributed by atoms with Crippen molar-refractivity contribution in [1.29, 1.82) is 0 Å². The summed E-state index contributed by atoms with van der Waals surface area (Å²) in [7, 11) is -2.09. The molecule has 0 atom stereocenters. The summed E-state index contributed by atoms with van der Waals surface area (Å²) >= 11 is 0. The maximum atomic E-state index is 12.7. The van der Waals surface area contributed by atoms with Gasteiger partial charge in [-0.2, -0.15) is 0 Å². The standard InChI is InChI=1S/C18H18N2O3S/c1-23-14-6-2-5-13(11-14)12-20-24(21,22)18-10-4-7-15-16(18)8-3-9-17(15)19/h2-11,20H,12,19H2,1H3. The fourth-order valence-electron chi connectivity index (χ4n) is 2.58. The number of hydrogen-bond donors (Lipinski definition) is 2. The summed E-state index contributed by atoms with van der Waals surface area (Å²) in [5.41, 5.74) is 7.31. The largest absolute Gasteiger partial charge is 0.497 e. The molecular formula is C18H18N2O3S. The van der Waals surface area contributed by atoms with E-state index in [0.717, 1.165) is 10.9 Å². The summed E-state index contributed by atoms with van der Waals surface area (Å²) in [6, 6.07) is 17.6. The number of sulfonamides is 1. The molecule has 0 saturated carbocycles. The van der Waals surface area contributed by atoms with Crippen LogP contribution in [0.4, 0.5) is 5.69 Å². The summed E-state index contributed by atoms with van der Waals surface area (Å²) in [5.74, 6) is 0.685. The third-order valence-electron chi connectivity index (χ3n) is 3.81. The quantitative estimate of drug-likeness (QED) is 0.699. The molecule has 0 aromatic heterocycles. The van der Waals surface area contributed by atoms with Crippen LogP contribution in [-0.2, 0) is 16.6 Å². The van der Waals surface area contributed by atoms with E-state index in [1.54, 1.807) is 43.5 Å². The van der Waals surface area contributed by atoms with Crippen molar-refractivity contribution in [2.45, 2.75) is 11.4 Å². The Labute approximate surface area is 141 Å². The van der Waals surface area contributed by atoms with Gasteiger partial charge in [-0.1, -0.05) is 36.4 Å². The first-order chi connectivity index (χ1) is 11.5. The molecule has 0 bridgehead atoms. The number of rotatable bonds is 5. The van der Waals surface area contributed by atoms with Gasteiger partial charge in [0.05, 0.1) is 12.0 Å². The number of hydrogen-bond acceptors (Lipinski definition) is 4. The van der Waals surface area contributed by atoms with Crippen LogP contribution in [0.2, 0.25) is 0 Å². The lowest BCUT2D eigenvalue weighted by Crippen LogP contribution is -2.23. The lowest BCUT2D eigenvalue weighted by molar-refractivity contribution is 0.414. The molecule has 3 aromatic carbocycles. The van der Waals surface area contributed by atoms with E-state index in [-0.39, 0.29) is 11.4 Å². The second-order valence-corrected chi connectivity index (χ2v) is 7.11. The van der Waals surface area contributed by atoms with E-state index >= 15 is 0 Å². The maximum Gasteiger partial charge on any atom is 0.241 e. The topological polar surface area (TPSA) is 81.4 Å². The third kappa shape index (κ3) is 3.20.